The van der Waals surface area contributed by atoms with Gasteiger partial charge >= 0.3 is 5.97 Å². The molecule has 0 heterocycles. The average Bonchev–Trinajstić information content (AvgIpc) is 2.38. The maximum absolute atomic E-state index is 12.2. The monoisotopic (exact) mass is 291 g/mol. The third-order valence-electron chi connectivity index (χ3n) is 3.40. The molecule has 1 rings (SSSR count). The first kappa shape index (κ1) is 17.4. The molecule has 0 aliphatic carbocycles. The van der Waals surface area contributed by atoms with E-state index in [1.54, 1.807) is 6.92 Å². The van der Waals surface area contributed by atoms with E-state index in [1.807, 2.05) is 63.2 Å². The molecule has 116 valence electrons. The van der Waals surface area contributed by atoms with Gasteiger partial charge in [-0.25, -0.2) is 0 Å². The topological polar surface area (TPSA) is 46.6 Å². The molecule has 0 aliphatic heterocycles. The van der Waals surface area contributed by atoms with Crippen LogP contribution in [0.3, 0.4) is 0 Å². The van der Waals surface area contributed by atoms with Crippen LogP contribution in [0.15, 0.2) is 30.3 Å². The van der Waals surface area contributed by atoms with Gasteiger partial charge in [0.2, 0.25) is 0 Å². The highest BCUT2D eigenvalue weighted by Crippen LogP contribution is 2.24. The molecule has 0 saturated heterocycles. The van der Waals surface area contributed by atoms with Gasteiger partial charge in [0.15, 0.2) is 0 Å². The normalized spacial score (nSPS) is 14.0. The lowest BCUT2D eigenvalue weighted by atomic mass is 9.88. The highest BCUT2D eigenvalue weighted by molar-refractivity contribution is 5.85. The molecule has 0 N–H and O–H groups in total. The summed E-state index contributed by atoms with van der Waals surface area (Å²) < 4.78 is 5.30. The number of carbonyl (C=O) groups excluding carboxylic acids is 2. The molecule has 0 bridgehead atoms. The minimum atomic E-state index is -0.429. The molecule has 0 aliphatic rings. The van der Waals surface area contributed by atoms with Crippen molar-refractivity contribution < 1.29 is 14.3 Å². The van der Waals surface area contributed by atoms with E-state index >= 15 is 0 Å². The van der Waals surface area contributed by atoms with Crippen LogP contribution in [0.1, 0.15) is 38.7 Å². The maximum atomic E-state index is 12.2. The lowest BCUT2D eigenvalue weighted by molar-refractivity contribution is -0.153. The second-order valence-electron chi connectivity index (χ2n) is 5.77. The SMILES string of the molecule is CC(=O)C(CC(C(=O)OC(C)C)N(C)C)c1ccccc1. The van der Waals surface area contributed by atoms with Crippen molar-refractivity contribution in [3.05, 3.63) is 35.9 Å². The Hall–Kier alpha value is -1.68. The molecule has 0 saturated carbocycles. The number of nitrogens with zero attached hydrogens (tertiary/aromatic N) is 1. The Morgan fingerprint density at radius 3 is 2.14 bits per heavy atom. The number of benzene rings is 1. The van der Waals surface area contributed by atoms with Crippen LogP contribution < -0.4 is 0 Å². The summed E-state index contributed by atoms with van der Waals surface area (Å²) in [6.07, 6.45) is 0.269. The van der Waals surface area contributed by atoms with Gasteiger partial charge in [0.1, 0.15) is 11.8 Å². The predicted octanol–water partition coefficient (Wildman–Crippen LogP) is 2.63. The highest BCUT2D eigenvalue weighted by atomic mass is 16.5. The van der Waals surface area contributed by atoms with Crippen LogP contribution in [0.25, 0.3) is 0 Å². The van der Waals surface area contributed by atoms with Crippen molar-refractivity contribution in [2.24, 2.45) is 0 Å². The molecule has 1 aromatic rings. The van der Waals surface area contributed by atoms with Gasteiger partial charge in [-0.3, -0.25) is 14.5 Å². The van der Waals surface area contributed by atoms with E-state index in [2.05, 4.69) is 0 Å². The number of rotatable bonds is 7. The van der Waals surface area contributed by atoms with Crippen LogP contribution in [0.5, 0.6) is 0 Å². The first-order chi connectivity index (χ1) is 9.82. The van der Waals surface area contributed by atoms with E-state index in [9.17, 15) is 9.59 Å². The first-order valence-corrected chi connectivity index (χ1v) is 7.25. The first-order valence-electron chi connectivity index (χ1n) is 7.25. The van der Waals surface area contributed by atoms with E-state index in [1.165, 1.54) is 0 Å². The van der Waals surface area contributed by atoms with E-state index in [-0.39, 0.29) is 23.8 Å². The van der Waals surface area contributed by atoms with Gasteiger partial charge in [-0.05, 0) is 46.9 Å². The van der Waals surface area contributed by atoms with Crippen LogP contribution >= 0.6 is 0 Å². The number of carbonyl (C=O) groups is 2. The molecule has 0 aromatic heterocycles. The molecule has 2 unspecified atom stereocenters. The van der Waals surface area contributed by atoms with Crippen molar-refractivity contribution in [3.63, 3.8) is 0 Å². The lowest BCUT2D eigenvalue weighted by Gasteiger charge is -2.27. The number of ether oxygens (including phenoxy) is 1. The van der Waals surface area contributed by atoms with Crippen molar-refractivity contribution in [1.82, 2.24) is 4.90 Å². The summed E-state index contributed by atoms with van der Waals surface area (Å²) in [6.45, 7) is 5.21. The van der Waals surface area contributed by atoms with Gasteiger partial charge < -0.3 is 4.74 Å². The molecule has 2 atom stereocenters. The summed E-state index contributed by atoms with van der Waals surface area (Å²) in [6, 6.07) is 9.14. The largest absolute Gasteiger partial charge is 0.462 e. The quantitative estimate of drug-likeness (QED) is 0.725. The summed E-state index contributed by atoms with van der Waals surface area (Å²) >= 11 is 0. The van der Waals surface area contributed by atoms with Crippen molar-refractivity contribution in [1.29, 1.82) is 0 Å². The summed E-state index contributed by atoms with van der Waals surface area (Å²) in [5, 5.41) is 0. The molecule has 0 spiro atoms. The molecule has 0 fully saturated rings. The Morgan fingerprint density at radius 1 is 1.14 bits per heavy atom. The van der Waals surface area contributed by atoms with Crippen LogP contribution in [0.2, 0.25) is 0 Å². The Kier molecular flexibility index (Phi) is 6.56. The Labute approximate surface area is 127 Å². The van der Waals surface area contributed by atoms with E-state index < -0.39 is 6.04 Å². The van der Waals surface area contributed by atoms with Gasteiger partial charge in [-0.1, -0.05) is 30.3 Å². The minimum Gasteiger partial charge on any atom is -0.462 e. The van der Waals surface area contributed by atoms with Crippen LogP contribution in [-0.2, 0) is 14.3 Å². The number of ketones is 1. The number of Topliss-reactive ketones (excluding diaryl/α,β-unsaturated/α-hetero) is 1. The maximum Gasteiger partial charge on any atom is 0.323 e. The molecule has 21 heavy (non-hydrogen) atoms. The van der Waals surface area contributed by atoms with Gasteiger partial charge in [-0.15, -0.1) is 0 Å². The Balaban J connectivity index is 2.93. The molecular weight excluding hydrogens is 266 g/mol. The summed E-state index contributed by atoms with van der Waals surface area (Å²) in [7, 11) is 3.66. The van der Waals surface area contributed by atoms with Crippen molar-refractivity contribution in [2.75, 3.05) is 14.1 Å². The minimum absolute atomic E-state index is 0.0606. The summed E-state index contributed by atoms with van der Waals surface area (Å²) in [5.74, 6) is -0.513. The van der Waals surface area contributed by atoms with Crippen LogP contribution in [0.4, 0.5) is 0 Å². The molecule has 0 amide bonds. The van der Waals surface area contributed by atoms with Crippen LogP contribution in [-0.4, -0.2) is 42.9 Å². The number of likely N-dealkylation sites (N-methyl/N-ethyl adjacent to an activating group) is 1. The highest BCUT2D eigenvalue weighted by Gasteiger charge is 2.29. The third-order valence-corrected chi connectivity index (χ3v) is 3.40. The van der Waals surface area contributed by atoms with E-state index in [0.29, 0.717) is 6.42 Å². The fourth-order valence-electron chi connectivity index (χ4n) is 2.27. The zero-order chi connectivity index (χ0) is 16.0. The van der Waals surface area contributed by atoms with Gasteiger partial charge in [0, 0.05) is 5.92 Å². The zero-order valence-corrected chi connectivity index (χ0v) is 13.5. The number of esters is 1. The van der Waals surface area contributed by atoms with Crippen LogP contribution in [0, 0.1) is 0 Å². The van der Waals surface area contributed by atoms with E-state index in [4.69, 9.17) is 4.74 Å². The fourth-order valence-corrected chi connectivity index (χ4v) is 2.27. The fraction of sp³-hybridized carbons (Fsp3) is 0.529. The van der Waals surface area contributed by atoms with Crippen molar-refractivity contribution >= 4 is 11.8 Å². The Bertz CT molecular complexity index is 468. The smallest absolute Gasteiger partial charge is 0.323 e. The second-order valence-corrected chi connectivity index (χ2v) is 5.77. The summed E-state index contributed by atoms with van der Waals surface area (Å²) in [5.41, 5.74) is 0.939. The summed E-state index contributed by atoms with van der Waals surface area (Å²) in [4.78, 5) is 26.0. The standard InChI is InChI=1S/C17H25NO3/c1-12(2)21-17(20)16(18(4)5)11-15(13(3)19)14-9-7-6-8-10-14/h6-10,12,15-16H,11H2,1-5H3. The molecule has 4 heteroatoms. The number of hydrogen-bond acceptors (Lipinski definition) is 4. The molecule has 4 nitrogen and oxygen atoms in total. The van der Waals surface area contributed by atoms with E-state index in [0.717, 1.165) is 5.56 Å². The lowest BCUT2D eigenvalue weighted by Crippen LogP contribution is -2.40. The Morgan fingerprint density at radius 2 is 1.71 bits per heavy atom. The molecular formula is C17H25NO3. The number of hydrogen-bond donors (Lipinski definition) is 0. The van der Waals surface area contributed by atoms with Crippen molar-refractivity contribution in [2.45, 2.75) is 45.3 Å². The van der Waals surface area contributed by atoms with Gasteiger partial charge in [-0.2, -0.15) is 0 Å². The third kappa shape index (κ3) is 5.31. The molecule has 0 radical (unpaired) electrons. The van der Waals surface area contributed by atoms with Crippen molar-refractivity contribution in [3.8, 4) is 0 Å². The molecule has 1 aromatic carbocycles. The predicted molar refractivity (Wildman–Crippen MR) is 83.2 cm³/mol. The van der Waals surface area contributed by atoms with Gasteiger partial charge in [0.25, 0.3) is 0 Å². The van der Waals surface area contributed by atoms with Gasteiger partial charge in [0.05, 0.1) is 6.10 Å². The zero-order valence-electron chi connectivity index (χ0n) is 13.5. The average molecular weight is 291 g/mol. The second kappa shape index (κ2) is 7.93.